The SMILES string of the molecule is CCC(CC)(CNS(=O)(=O)c1ccc(N)c(F)c1)SC. The number of halogens is 1. The number of rotatable bonds is 7. The fraction of sp³-hybridized carbons (Fsp3) is 0.538. The summed E-state index contributed by atoms with van der Waals surface area (Å²) in [7, 11) is -3.72. The molecule has 114 valence electrons. The number of hydrogen-bond donors (Lipinski definition) is 2. The molecule has 20 heavy (non-hydrogen) atoms. The number of benzene rings is 1. The van der Waals surface area contributed by atoms with Crippen molar-refractivity contribution in [1.82, 2.24) is 4.72 Å². The first-order valence-electron chi connectivity index (χ1n) is 6.40. The largest absolute Gasteiger partial charge is 0.396 e. The Balaban J connectivity index is 2.92. The van der Waals surface area contributed by atoms with Gasteiger partial charge in [0.1, 0.15) is 5.82 Å². The monoisotopic (exact) mass is 320 g/mol. The van der Waals surface area contributed by atoms with Crippen LogP contribution in [0.1, 0.15) is 26.7 Å². The average Bonchev–Trinajstić information content (AvgIpc) is 2.44. The quantitative estimate of drug-likeness (QED) is 0.758. The van der Waals surface area contributed by atoms with Crippen LogP contribution in [0.2, 0.25) is 0 Å². The van der Waals surface area contributed by atoms with Crippen LogP contribution < -0.4 is 10.5 Å². The Bertz CT molecular complexity index is 549. The van der Waals surface area contributed by atoms with Crippen molar-refractivity contribution < 1.29 is 12.8 Å². The summed E-state index contributed by atoms with van der Waals surface area (Å²) in [4.78, 5) is -0.105. The van der Waals surface area contributed by atoms with Gasteiger partial charge in [0.15, 0.2) is 0 Å². The van der Waals surface area contributed by atoms with E-state index in [-0.39, 0.29) is 15.3 Å². The van der Waals surface area contributed by atoms with Crippen molar-refractivity contribution in [2.75, 3.05) is 18.5 Å². The summed E-state index contributed by atoms with van der Waals surface area (Å²) in [6.45, 7) is 4.36. The molecule has 0 aliphatic heterocycles. The van der Waals surface area contributed by atoms with E-state index in [1.807, 2.05) is 20.1 Å². The van der Waals surface area contributed by atoms with Gasteiger partial charge in [-0.1, -0.05) is 13.8 Å². The van der Waals surface area contributed by atoms with Crippen LogP contribution in [-0.2, 0) is 10.0 Å². The van der Waals surface area contributed by atoms with Crippen LogP contribution in [0.4, 0.5) is 10.1 Å². The Hall–Kier alpha value is -0.790. The fourth-order valence-corrected chi connectivity index (χ4v) is 3.87. The first-order chi connectivity index (χ1) is 9.30. The third-order valence-electron chi connectivity index (χ3n) is 3.59. The third kappa shape index (κ3) is 3.86. The highest BCUT2D eigenvalue weighted by Crippen LogP contribution is 2.30. The number of thioether (sulfide) groups is 1. The van der Waals surface area contributed by atoms with Gasteiger partial charge in [-0.2, -0.15) is 11.8 Å². The minimum atomic E-state index is -3.72. The van der Waals surface area contributed by atoms with Crippen molar-refractivity contribution in [3.05, 3.63) is 24.0 Å². The second-order valence-electron chi connectivity index (χ2n) is 4.60. The van der Waals surface area contributed by atoms with E-state index in [9.17, 15) is 12.8 Å². The van der Waals surface area contributed by atoms with Gasteiger partial charge in [-0.3, -0.25) is 0 Å². The molecule has 0 radical (unpaired) electrons. The molecule has 0 spiro atoms. The lowest BCUT2D eigenvalue weighted by Gasteiger charge is -2.29. The molecule has 0 amide bonds. The zero-order valence-electron chi connectivity index (χ0n) is 11.9. The van der Waals surface area contributed by atoms with Gasteiger partial charge >= 0.3 is 0 Å². The Morgan fingerprint density at radius 1 is 1.35 bits per heavy atom. The van der Waals surface area contributed by atoms with Gasteiger partial charge in [0.25, 0.3) is 0 Å². The Morgan fingerprint density at radius 2 is 1.95 bits per heavy atom. The van der Waals surface area contributed by atoms with E-state index >= 15 is 0 Å². The molecule has 1 rings (SSSR count). The van der Waals surface area contributed by atoms with E-state index < -0.39 is 15.8 Å². The van der Waals surface area contributed by atoms with Crippen molar-refractivity contribution in [3.63, 3.8) is 0 Å². The normalized spacial score (nSPS) is 12.6. The van der Waals surface area contributed by atoms with Crippen molar-refractivity contribution >= 4 is 27.5 Å². The zero-order chi connectivity index (χ0) is 15.4. The summed E-state index contributed by atoms with van der Waals surface area (Å²) >= 11 is 1.64. The van der Waals surface area contributed by atoms with Crippen LogP contribution in [0.5, 0.6) is 0 Å². The van der Waals surface area contributed by atoms with E-state index in [0.29, 0.717) is 6.54 Å². The highest BCUT2D eigenvalue weighted by Gasteiger charge is 2.27. The first-order valence-corrected chi connectivity index (χ1v) is 9.11. The van der Waals surface area contributed by atoms with E-state index in [2.05, 4.69) is 4.72 Å². The minimum absolute atomic E-state index is 0.0653. The molecule has 0 fully saturated rings. The van der Waals surface area contributed by atoms with Crippen LogP contribution >= 0.6 is 11.8 Å². The van der Waals surface area contributed by atoms with Crippen LogP contribution in [0.3, 0.4) is 0 Å². The molecule has 1 aromatic carbocycles. The fourth-order valence-electron chi connectivity index (χ4n) is 1.85. The van der Waals surface area contributed by atoms with Crippen molar-refractivity contribution in [3.8, 4) is 0 Å². The van der Waals surface area contributed by atoms with E-state index in [1.165, 1.54) is 12.1 Å². The third-order valence-corrected chi connectivity index (χ3v) is 6.57. The number of sulfonamides is 1. The molecule has 0 aliphatic rings. The summed E-state index contributed by atoms with van der Waals surface area (Å²) in [5, 5.41) is 0. The standard InChI is InChI=1S/C13H21FN2O2S2/c1-4-13(5-2,19-3)9-16-20(17,18)10-6-7-12(15)11(14)8-10/h6-8,16H,4-5,9,15H2,1-3H3. The maximum Gasteiger partial charge on any atom is 0.240 e. The van der Waals surface area contributed by atoms with Crippen LogP contribution in [0, 0.1) is 5.82 Å². The predicted molar refractivity (Wildman–Crippen MR) is 82.8 cm³/mol. The molecule has 0 heterocycles. The molecule has 1 aromatic rings. The number of nitrogen functional groups attached to an aromatic ring is 1. The minimum Gasteiger partial charge on any atom is -0.396 e. The van der Waals surface area contributed by atoms with E-state index in [4.69, 9.17) is 5.73 Å². The molecular weight excluding hydrogens is 299 g/mol. The highest BCUT2D eigenvalue weighted by molar-refractivity contribution is 8.00. The Morgan fingerprint density at radius 3 is 2.40 bits per heavy atom. The van der Waals surface area contributed by atoms with Gasteiger partial charge < -0.3 is 5.73 Å². The summed E-state index contributed by atoms with van der Waals surface area (Å²) in [5.74, 6) is -0.727. The van der Waals surface area contributed by atoms with Crippen molar-refractivity contribution in [2.24, 2.45) is 0 Å². The second kappa shape index (κ2) is 6.78. The lowest BCUT2D eigenvalue weighted by atomic mass is 10.0. The van der Waals surface area contributed by atoms with Crippen molar-refractivity contribution in [1.29, 1.82) is 0 Å². The van der Waals surface area contributed by atoms with E-state index in [0.717, 1.165) is 18.9 Å². The Kier molecular flexibility index (Phi) is 5.85. The molecule has 7 heteroatoms. The van der Waals surface area contributed by atoms with Crippen LogP contribution in [-0.4, -0.2) is 26.0 Å². The zero-order valence-corrected chi connectivity index (χ0v) is 13.6. The van der Waals surface area contributed by atoms with Gasteiger partial charge in [0.05, 0.1) is 10.6 Å². The molecule has 0 bridgehead atoms. The van der Waals surface area contributed by atoms with E-state index in [1.54, 1.807) is 11.8 Å². The molecule has 0 saturated carbocycles. The van der Waals surface area contributed by atoms with Gasteiger partial charge in [0.2, 0.25) is 10.0 Å². The van der Waals surface area contributed by atoms with Gasteiger partial charge in [0, 0.05) is 11.3 Å². The first kappa shape index (κ1) is 17.3. The molecule has 0 aromatic heterocycles. The predicted octanol–water partition coefficient (Wildman–Crippen LogP) is 2.61. The number of hydrogen-bond acceptors (Lipinski definition) is 4. The highest BCUT2D eigenvalue weighted by atomic mass is 32.2. The number of nitrogens with one attached hydrogen (secondary N) is 1. The maximum absolute atomic E-state index is 13.4. The van der Waals surface area contributed by atoms with Gasteiger partial charge in [-0.05, 0) is 37.3 Å². The smallest absolute Gasteiger partial charge is 0.240 e. The molecule has 0 saturated heterocycles. The summed E-state index contributed by atoms with van der Waals surface area (Å²) in [6, 6.07) is 3.50. The molecule has 0 atom stereocenters. The number of nitrogens with two attached hydrogens (primary N) is 1. The van der Waals surface area contributed by atoms with Crippen molar-refractivity contribution in [2.45, 2.75) is 36.3 Å². The molecule has 3 N–H and O–H groups in total. The summed E-state index contributed by atoms with van der Waals surface area (Å²) in [5.41, 5.74) is 5.28. The maximum atomic E-state index is 13.4. The van der Waals surface area contributed by atoms with Gasteiger partial charge in [-0.15, -0.1) is 0 Å². The summed E-state index contributed by atoms with van der Waals surface area (Å²) < 4.78 is 40.1. The molecule has 0 unspecified atom stereocenters. The van der Waals surface area contributed by atoms with Crippen LogP contribution in [0.25, 0.3) is 0 Å². The number of anilines is 1. The Labute approximate surface area is 124 Å². The molecule has 4 nitrogen and oxygen atoms in total. The second-order valence-corrected chi connectivity index (χ2v) is 7.64. The van der Waals surface area contributed by atoms with Crippen LogP contribution in [0.15, 0.2) is 23.1 Å². The average molecular weight is 320 g/mol. The summed E-state index contributed by atoms with van der Waals surface area (Å²) in [6.07, 6.45) is 3.66. The topological polar surface area (TPSA) is 72.2 Å². The molecular formula is C13H21FN2O2S2. The molecule has 0 aliphatic carbocycles. The lowest BCUT2D eigenvalue weighted by Crippen LogP contribution is -2.39. The van der Waals surface area contributed by atoms with Gasteiger partial charge in [-0.25, -0.2) is 17.5 Å². The lowest BCUT2D eigenvalue weighted by molar-refractivity contribution is 0.521.